The molecule has 4 N–H and O–H groups in total. The van der Waals surface area contributed by atoms with E-state index in [9.17, 15) is 39.0 Å². The van der Waals surface area contributed by atoms with Crippen molar-refractivity contribution in [2.75, 3.05) is 0 Å². The molecular formula is C34H37N5O8. The Kier molecular flexibility index (Phi) is 10.7. The Hall–Kier alpha value is -5.59. The number of imide groups is 1. The molecule has 2 unspecified atom stereocenters. The Morgan fingerprint density at radius 2 is 1.45 bits per heavy atom. The van der Waals surface area contributed by atoms with Crippen LogP contribution in [0.3, 0.4) is 0 Å². The summed E-state index contributed by atoms with van der Waals surface area (Å²) in [6.07, 6.45) is 2.10. The first-order valence-corrected chi connectivity index (χ1v) is 15.0. The van der Waals surface area contributed by atoms with Crippen LogP contribution in [0, 0.1) is 5.92 Å². The summed E-state index contributed by atoms with van der Waals surface area (Å²) in [5, 5.41) is 24.1. The number of nitrogens with zero attached hydrogens (tertiary/aromatic N) is 3. The Balaban J connectivity index is 1.68. The third kappa shape index (κ3) is 7.63. The molecule has 5 amide bonds. The molecule has 0 spiro atoms. The summed E-state index contributed by atoms with van der Waals surface area (Å²) in [6, 6.07) is 14.6. The SMILES string of the molecule is CC(C)CC(C(=O)N[C@@H](CC(=O)O)C(=O)N[C@H](C(=O)O)c1ccccc1)N1C(=O)N(Cc2ccccc2)C(C)(c2ccncc2)C1=O. The van der Waals surface area contributed by atoms with Crippen molar-refractivity contribution in [2.24, 2.45) is 5.92 Å². The summed E-state index contributed by atoms with van der Waals surface area (Å²) in [7, 11) is 0. The molecule has 4 atom stereocenters. The van der Waals surface area contributed by atoms with Crippen LogP contribution in [0.4, 0.5) is 4.79 Å². The largest absolute Gasteiger partial charge is 0.481 e. The van der Waals surface area contributed by atoms with Crippen LogP contribution >= 0.6 is 0 Å². The number of aliphatic carboxylic acids is 2. The highest BCUT2D eigenvalue weighted by Gasteiger charge is 2.58. The molecule has 0 aliphatic carbocycles. The Morgan fingerprint density at radius 3 is 2.00 bits per heavy atom. The maximum Gasteiger partial charge on any atom is 0.330 e. The Labute approximate surface area is 271 Å². The standard InChI is InChI=1S/C34H37N5O8/c1-21(2)18-26(30(43)36-25(19-27(40)41)29(42)37-28(31(44)45)23-12-8-5-9-13-23)39-32(46)34(3,24-14-16-35-17-15-24)38(33(39)47)20-22-10-6-4-7-11-22/h4-17,21,25-26,28H,18-20H2,1-3H3,(H,36,43)(H,37,42)(H,40,41)(H,44,45)/t25-,26?,28-,34?/m0/s1. The Bertz CT molecular complexity index is 1620. The minimum absolute atomic E-state index is 0.00189. The van der Waals surface area contributed by atoms with Crippen LogP contribution < -0.4 is 10.6 Å². The lowest BCUT2D eigenvalue weighted by atomic mass is 9.90. The van der Waals surface area contributed by atoms with Gasteiger partial charge in [-0.2, -0.15) is 0 Å². The number of rotatable bonds is 14. The molecule has 4 rings (SSSR count). The molecule has 47 heavy (non-hydrogen) atoms. The molecule has 1 aliphatic rings. The number of hydrogen-bond acceptors (Lipinski definition) is 7. The van der Waals surface area contributed by atoms with Gasteiger partial charge in [-0.3, -0.25) is 24.2 Å². The van der Waals surface area contributed by atoms with Gasteiger partial charge in [0, 0.05) is 18.9 Å². The van der Waals surface area contributed by atoms with Crippen LogP contribution in [0.15, 0.2) is 85.2 Å². The summed E-state index contributed by atoms with van der Waals surface area (Å²) in [5.74, 6) is -5.74. The van der Waals surface area contributed by atoms with Crippen molar-refractivity contribution in [1.29, 1.82) is 0 Å². The molecule has 13 nitrogen and oxygen atoms in total. The first-order chi connectivity index (χ1) is 22.3. The molecule has 2 heterocycles. The average Bonchev–Trinajstić information content (AvgIpc) is 3.23. The molecule has 13 heteroatoms. The van der Waals surface area contributed by atoms with Crippen molar-refractivity contribution in [3.05, 3.63) is 102 Å². The van der Waals surface area contributed by atoms with E-state index in [0.29, 0.717) is 5.56 Å². The third-order valence-corrected chi connectivity index (χ3v) is 8.03. The van der Waals surface area contributed by atoms with Crippen molar-refractivity contribution in [2.45, 2.75) is 63.8 Å². The molecule has 1 aromatic heterocycles. The van der Waals surface area contributed by atoms with Crippen LogP contribution in [-0.4, -0.2) is 72.8 Å². The van der Waals surface area contributed by atoms with E-state index in [1.54, 1.807) is 75.4 Å². The summed E-state index contributed by atoms with van der Waals surface area (Å²) in [4.78, 5) is 85.9. The fourth-order valence-corrected chi connectivity index (χ4v) is 5.58. The van der Waals surface area contributed by atoms with E-state index in [2.05, 4.69) is 15.6 Å². The molecule has 0 radical (unpaired) electrons. The predicted octanol–water partition coefficient (Wildman–Crippen LogP) is 3.08. The monoisotopic (exact) mass is 643 g/mol. The minimum atomic E-state index is -1.72. The molecule has 1 fully saturated rings. The van der Waals surface area contributed by atoms with Gasteiger partial charge in [0.2, 0.25) is 11.8 Å². The van der Waals surface area contributed by atoms with Crippen LogP contribution in [0.1, 0.15) is 56.3 Å². The smallest absolute Gasteiger partial charge is 0.330 e. The number of carbonyl (C=O) groups is 6. The number of benzene rings is 2. The van der Waals surface area contributed by atoms with Crippen molar-refractivity contribution >= 4 is 35.7 Å². The van der Waals surface area contributed by atoms with Crippen molar-refractivity contribution in [1.82, 2.24) is 25.4 Å². The van der Waals surface area contributed by atoms with E-state index in [0.717, 1.165) is 10.5 Å². The van der Waals surface area contributed by atoms with Crippen LogP contribution in [-0.2, 0) is 36.1 Å². The quantitative estimate of drug-likeness (QED) is 0.192. The molecule has 246 valence electrons. The molecule has 0 saturated carbocycles. The van der Waals surface area contributed by atoms with Crippen LogP contribution in [0.25, 0.3) is 0 Å². The van der Waals surface area contributed by atoms with E-state index in [4.69, 9.17) is 0 Å². The number of carboxylic acids is 2. The zero-order chi connectivity index (χ0) is 34.3. The van der Waals surface area contributed by atoms with Gasteiger partial charge in [-0.05, 0) is 48.1 Å². The van der Waals surface area contributed by atoms with Gasteiger partial charge >= 0.3 is 18.0 Å². The zero-order valence-electron chi connectivity index (χ0n) is 26.2. The van der Waals surface area contributed by atoms with Gasteiger partial charge in [-0.1, -0.05) is 74.5 Å². The Morgan fingerprint density at radius 1 is 0.851 bits per heavy atom. The molecule has 2 aromatic carbocycles. The predicted molar refractivity (Wildman–Crippen MR) is 168 cm³/mol. The highest BCUT2D eigenvalue weighted by atomic mass is 16.4. The van der Waals surface area contributed by atoms with Gasteiger partial charge in [-0.15, -0.1) is 0 Å². The minimum Gasteiger partial charge on any atom is -0.481 e. The topological polar surface area (TPSA) is 186 Å². The van der Waals surface area contributed by atoms with Crippen molar-refractivity contribution in [3.8, 4) is 0 Å². The normalized spacial score (nSPS) is 18.0. The third-order valence-electron chi connectivity index (χ3n) is 8.03. The molecule has 1 aliphatic heterocycles. The number of urea groups is 1. The molecule has 3 aromatic rings. The molecule has 1 saturated heterocycles. The summed E-state index contributed by atoms with van der Waals surface area (Å²) in [5.41, 5.74) is -0.0938. The summed E-state index contributed by atoms with van der Waals surface area (Å²) in [6.45, 7) is 5.20. The van der Waals surface area contributed by atoms with Gasteiger partial charge in [-0.25, -0.2) is 14.5 Å². The van der Waals surface area contributed by atoms with E-state index in [-0.39, 0.29) is 24.4 Å². The number of nitrogens with one attached hydrogen (secondary N) is 2. The first-order valence-electron chi connectivity index (χ1n) is 15.0. The van der Waals surface area contributed by atoms with Crippen molar-refractivity contribution < 1.29 is 39.0 Å². The average molecular weight is 644 g/mol. The fraction of sp³-hybridized carbons (Fsp3) is 0.324. The van der Waals surface area contributed by atoms with E-state index in [1.807, 2.05) is 6.07 Å². The summed E-state index contributed by atoms with van der Waals surface area (Å²) < 4.78 is 0. The lowest BCUT2D eigenvalue weighted by molar-refractivity contribution is -0.145. The van der Waals surface area contributed by atoms with Gasteiger partial charge < -0.3 is 25.7 Å². The van der Waals surface area contributed by atoms with Gasteiger partial charge in [0.1, 0.15) is 17.6 Å². The number of amides is 5. The first kappa shape index (κ1) is 34.3. The second-order valence-electron chi connectivity index (χ2n) is 11.8. The molecular weight excluding hydrogens is 606 g/mol. The maximum absolute atomic E-state index is 14.4. The highest BCUT2D eigenvalue weighted by Crippen LogP contribution is 2.40. The van der Waals surface area contributed by atoms with Gasteiger partial charge in [0.05, 0.1) is 6.42 Å². The van der Waals surface area contributed by atoms with Crippen LogP contribution in [0.5, 0.6) is 0 Å². The van der Waals surface area contributed by atoms with E-state index >= 15 is 0 Å². The second-order valence-corrected chi connectivity index (χ2v) is 11.8. The van der Waals surface area contributed by atoms with E-state index in [1.165, 1.54) is 29.4 Å². The lowest BCUT2D eigenvalue weighted by Crippen LogP contribution is -2.56. The number of carboxylic acid groups (broad SMARTS) is 2. The highest BCUT2D eigenvalue weighted by molar-refractivity contribution is 6.10. The fourth-order valence-electron chi connectivity index (χ4n) is 5.58. The second kappa shape index (κ2) is 14.7. The zero-order valence-corrected chi connectivity index (χ0v) is 26.2. The van der Waals surface area contributed by atoms with Gasteiger partial charge in [0.15, 0.2) is 6.04 Å². The number of hydrogen-bond donors (Lipinski definition) is 4. The maximum atomic E-state index is 14.4. The summed E-state index contributed by atoms with van der Waals surface area (Å²) >= 11 is 0. The van der Waals surface area contributed by atoms with E-state index < -0.39 is 65.8 Å². The number of aromatic nitrogens is 1. The number of carbonyl (C=O) groups excluding carboxylic acids is 4. The molecule has 0 bridgehead atoms. The lowest BCUT2D eigenvalue weighted by Gasteiger charge is -2.32. The van der Waals surface area contributed by atoms with Crippen molar-refractivity contribution in [3.63, 3.8) is 0 Å². The van der Waals surface area contributed by atoms with Gasteiger partial charge in [0.25, 0.3) is 5.91 Å². The number of pyridine rings is 1. The van der Waals surface area contributed by atoms with Crippen LogP contribution in [0.2, 0.25) is 0 Å².